The fourth-order valence-electron chi connectivity index (χ4n) is 4.11. The van der Waals surface area contributed by atoms with Gasteiger partial charge in [0, 0.05) is 18.4 Å². The first-order valence-corrected chi connectivity index (χ1v) is 12.0. The molecule has 0 bridgehead atoms. The maximum absolute atomic E-state index is 13.1. The number of nitrogens with one attached hydrogen (secondary N) is 1. The summed E-state index contributed by atoms with van der Waals surface area (Å²) in [5, 5.41) is 2.92. The van der Waals surface area contributed by atoms with Crippen LogP contribution in [-0.2, 0) is 28.6 Å². The summed E-state index contributed by atoms with van der Waals surface area (Å²) in [6, 6.07) is 8.66. The number of carbonyl (C=O) groups is 3. The number of benzene rings is 1. The summed E-state index contributed by atoms with van der Waals surface area (Å²) in [6.45, 7) is 14.0. The van der Waals surface area contributed by atoms with Gasteiger partial charge in [-0.05, 0) is 29.9 Å². The number of hydrogen-bond donors (Lipinski definition) is 1. The number of esters is 2. The predicted octanol–water partition coefficient (Wildman–Crippen LogP) is 4.55. The molecule has 0 aromatic heterocycles. The lowest BCUT2D eigenvalue weighted by Gasteiger charge is -2.36. The molecule has 2 aliphatic rings. The Hall–Kier alpha value is -3.19. The van der Waals surface area contributed by atoms with Gasteiger partial charge in [-0.2, -0.15) is 0 Å². The Morgan fingerprint density at radius 1 is 1.20 bits per heavy atom. The molecule has 1 N–H and O–H groups in total. The minimum atomic E-state index is -0.701. The topological polar surface area (TPSA) is 90.9 Å². The number of amides is 1. The van der Waals surface area contributed by atoms with Crippen molar-refractivity contribution in [2.75, 3.05) is 6.61 Å². The molecule has 0 spiro atoms. The molecule has 3 rings (SSSR count). The minimum Gasteiger partial charge on any atom is -0.435 e. The minimum absolute atomic E-state index is 0.187. The Morgan fingerprint density at radius 2 is 1.91 bits per heavy atom. The second-order valence-corrected chi connectivity index (χ2v) is 9.95. The maximum Gasteiger partial charge on any atom is 0.339 e. The fourth-order valence-corrected chi connectivity index (χ4v) is 4.11. The van der Waals surface area contributed by atoms with Crippen molar-refractivity contribution >= 4 is 23.9 Å². The average Bonchev–Trinajstić information content (AvgIpc) is 3.32. The van der Waals surface area contributed by atoms with E-state index in [1.165, 1.54) is 0 Å². The number of carbonyl (C=O) groups excluding carboxylic acids is 3. The van der Waals surface area contributed by atoms with E-state index >= 15 is 0 Å². The van der Waals surface area contributed by atoms with Gasteiger partial charge >= 0.3 is 11.9 Å². The van der Waals surface area contributed by atoms with Crippen molar-refractivity contribution in [3.8, 4) is 0 Å². The van der Waals surface area contributed by atoms with Crippen molar-refractivity contribution < 1.29 is 28.6 Å². The van der Waals surface area contributed by atoms with Crippen molar-refractivity contribution in [2.24, 2.45) is 17.3 Å². The zero-order chi connectivity index (χ0) is 25.6. The first-order chi connectivity index (χ1) is 16.6. The molecule has 0 aliphatic carbocycles. The van der Waals surface area contributed by atoms with E-state index in [1.54, 1.807) is 12.2 Å². The monoisotopic (exact) mass is 481 g/mol. The third kappa shape index (κ3) is 6.92. The van der Waals surface area contributed by atoms with E-state index in [0.717, 1.165) is 12.0 Å². The van der Waals surface area contributed by atoms with Crippen LogP contribution in [0.3, 0.4) is 0 Å². The number of piperidine rings is 1. The van der Waals surface area contributed by atoms with Crippen LogP contribution in [0.5, 0.6) is 0 Å². The van der Waals surface area contributed by atoms with Gasteiger partial charge in [0.25, 0.3) is 0 Å². The van der Waals surface area contributed by atoms with Crippen LogP contribution in [0.1, 0.15) is 52.0 Å². The Morgan fingerprint density at radius 3 is 2.51 bits per heavy atom. The van der Waals surface area contributed by atoms with Crippen molar-refractivity contribution in [3.05, 3.63) is 66.5 Å². The largest absolute Gasteiger partial charge is 0.435 e. The van der Waals surface area contributed by atoms with Crippen LogP contribution < -0.4 is 5.32 Å². The van der Waals surface area contributed by atoms with Gasteiger partial charge in [0.05, 0.1) is 24.5 Å². The first-order valence-electron chi connectivity index (χ1n) is 12.0. The van der Waals surface area contributed by atoms with Gasteiger partial charge in [0.15, 0.2) is 0 Å². The van der Waals surface area contributed by atoms with E-state index < -0.39 is 41.5 Å². The molecular weight excluding hydrogens is 446 g/mol. The maximum atomic E-state index is 13.1. The number of ether oxygens (including phenoxy) is 3. The van der Waals surface area contributed by atoms with Gasteiger partial charge in [-0.25, -0.2) is 4.79 Å². The standard InChI is InChI=1S/C28H35NO6/c1-6-20(25-21(14-15-23(30)29-25)27(32)35-24-13-10-16-33-24)22(17-19-11-8-7-9-12-19)34-26(31)18(2)28(3,4)5/h6-9,11-12,17,20-21,24-25H,1-2,10,13-16H2,3-5H3,(H,29,30). The summed E-state index contributed by atoms with van der Waals surface area (Å²) >= 11 is 0. The predicted molar refractivity (Wildman–Crippen MR) is 133 cm³/mol. The van der Waals surface area contributed by atoms with Crippen LogP contribution in [0.15, 0.2) is 60.9 Å². The lowest BCUT2D eigenvalue weighted by Crippen LogP contribution is -2.52. The summed E-state index contributed by atoms with van der Waals surface area (Å²) in [5.41, 5.74) is 0.608. The molecule has 1 aromatic rings. The van der Waals surface area contributed by atoms with E-state index in [-0.39, 0.29) is 18.1 Å². The molecule has 0 saturated carbocycles. The van der Waals surface area contributed by atoms with Gasteiger partial charge in [-0.1, -0.05) is 63.8 Å². The highest BCUT2D eigenvalue weighted by molar-refractivity contribution is 5.90. The summed E-state index contributed by atoms with van der Waals surface area (Å²) < 4.78 is 16.9. The highest BCUT2D eigenvalue weighted by Crippen LogP contribution is 2.33. The lowest BCUT2D eigenvalue weighted by atomic mass is 9.81. The van der Waals surface area contributed by atoms with Crippen molar-refractivity contribution in [1.82, 2.24) is 5.32 Å². The van der Waals surface area contributed by atoms with Crippen LogP contribution >= 0.6 is 0 Å². The van der Waals surface area contributed by atoms with Gasteiger partial charge in [-0.15, -0.1) is 6.58 Å². The third-order valence-corrected chi connectivity index (χ3v) is 6.32. The Balaban J connectivity index is 1.94. The van der Waals surface area contributed by atoms with Crippen LogP contribution in [0.2, 0.25) is 0 Å². The van der Waals surface area contributed by atoms with Crippen molar-refractivity contribution in [3.63, 3.8) is 0 Å². The normalized spacial score (nSPS) is 23.7. The smallest absolute Gasteiger partial charge is 0.339 e. The van der Waals surface area contributed by atoms with Crippen molar-refractivity contribution in [2.45, 2.75) is 58.8 Å². The van der Waals surface area contributed by atoms with E-state index in [0.29, 0.717) is 25.0 Å². The fraction of sp³-hybridized carbons (Fsp3) is 0.464. The SMILES string of the molecule is C=CC(C(=Cc1ccccc1)OC(=O)C(=C)C(C)(C)C)C1NC(=O)CCC1C(=O)OC1CCCO1. The van der Waals surface area contributed by atoms with Gasteiger partial charge < -0.3 is 19.5 Å². The molecular formula is C28H35NO6. The first kappa shape index (κ1) is 26.4. The second-order valence-electron chi connectivity index (χ2n) is 9.95. The molecule has 0 radical (unpaired) electrons. The molecule has 4 unspecified atom stereocenters. The van der Waals surface area contributed by atoms with Gasteiger partial charge in [-0.3, -0.25) is 9.59 Å². The Labute approximate surface area is 207 Å². The van der Waals surface area contributed by atoms with E-state index in [4.69, 9.17) is 14.2 Å². The molecule has 2 saturated heterocycles. The lowest BCUT2D eigenvalue weighted by molar-refractivity contribution is -0.177. The zero-order valence-electron chi connectivity index (χ0n) is 20.8. The molecule has 1 amide bonds. The molecule has 2 heterocycles. The van der Waals surface area contributed by atoms with Crippen LogP contribution in [0.25, 0.3) is 6.08 Å². The molecule has 35 heavy (non-hydrogen) atoms. The van der Waals surface area contributed by atoms with E-state index in [9.17, 15) is 14.4 Å². The van der Waals surface area contributed by atoms with Gasteiger partial charge in [0.1, 0.15) is 5.76 Å². The average molecular weight is 482 g/mol. The van der Waals surface area contributed by atoms with Crippen molar-refractivity contribution in [1.29, 1.82) is 0 Å². The molecule has 188 valence electrons. The van der Waals surface area contributed by atoms with Crippen LogP contribution in [0.4, 0.5) is 0 Å². The summed E-state index contributed by atoms with van der Waals surface area (Å²) in [4.78, 5) is 38.5. The zero-order valence-corrected chi connectivity index (χ0v) is 20.8. The quantitative estimate of drug-likeness (QED) is 0.254. The molecule has 2 aliphatic heterocycles. The Kier molecular flexibility index (Phi) is 8.67. The van der Waals surface area contributed by atoms with Crippen LogP contribution in [0, 0.1) is 17.3 Å². The number of rotatable bonds is 8. The van der Waals surface area contributed by atoms with Gasteiger partial charge in [0.2, 0.25) is 12.2 Å². The Bertz CT molecular complexity index is 984. The van der Waals surface area contributed by atoms with E-state index in [2.05, 4.69) is 18.5 Å². The highest BCUT2D eigenvalue weighted by Gasteiger charge is 2.42. The highest BCUT2D eigenvalue weighted by atomic mass is 16.7. The molecule has 4 atom stereocenters. The molecule has 2 fully saturated rings. The molecule has 7 heteroatoms. The van der Waals surface area contributed by atoms with Crippen LogP contribution in [-0.4, -0.2) is 36.8 Å². The second kappa shape index (κ2) is 11.5. The van der Waals surface area contributed by atoms with E-state index in [1.807, 2.05) is 51.1 Å². The summed E-state index contributed by atoms with van der Waals surface area (Å²) in [6.07, 6.45) is 4.73. The molecule has 7 nitrogen and oxygen atoms in total. The molecule has 1 aromatic carbocycles. The number of hydrogen-bond acceptors (Lipinski definition) is 6. The summed E-state index contributed by atoms with van der Waals surface area (Å²) in [5.74, 6) is -2.26. The summed E-state index contributed by atoms with van der Waals surface area (Å²) in [7, 11) is 0. The third-order valence-electron chi connectivity index (χ3n) is 6.32.